The van der Waals surface area contributed by atoms with Gasteiger partial charge in [-0.1, -0.05) is 11.6 Å². The molecule has 0 radical (unpaired) electrons. The van der Waals surface area contributed by atoms with Crippen molar-refractivity contribution in [2.75, 3.05) is 5.32 Å². The summed E-state index contributed by atoms with van der Waals surface area (Å²) in [5, 5.41) is 7.22. The largest absolute Gasteiger partial charge is 0.418 e. The third-order valence-corrected chi connectivity index (χ3v) is 3.30. The standard InChI is InChI=1S/C13H9ClF3N5/c1-22-12-8(5-20-22)11(18-6-19-12)21-10-3-2-7(14)4-9(10)13(15,16)17/h2-6H,1H3,(H,18,19,21). The van der Waals surface area contributed by atoms with Crippen LogP contribution in [0.25, 0.3) is 11.0 Å². The highest BCUT2D eigenvalue weighted by Crippen LogP contribution is 2.38. The normalized spacial score (nSPS) is 11.9. The van der Waals surface area contributed by atoms with Gasteiger partial charge in [0.2, 0.25) is 0 Å². The maximum atomic E-state index is 13.1. The average Bonchev–Trinajstić information content (AvgIpc) is 2.83. The predicted molar refractivity (Wildman–Crippen MR) is 76.0 cm³/mol. The van der Waals surface area contributed by atoms with E-state index < -0.39 is 11.7 Å². The molecular weight excluding hydrogens is 319 g/mol. The van der Waals surface area contributed by atoms with Gasteiger partial charge in [-0.15, -0.1) is 0 Å². The molecule has 0 aliphatic rings. The minimum Gasteiger partial charge on any atom is -0.339 e. The van der Waals surface area contributed by atoms with Crippen LogP contribution in [0.4, 0.5) is 24.7 Å². The van der Waals surface area contributed by atoms with Gasteiger partial charge in [-0.05, 0) is 18.2 Å². The number of anilines is 2. The Labute approximate surface area is 127 Å². The molecule has 0 bridgehead atoms. The highest BCUT2D eigenvalue weighted by molar-refractivity contribution is 6.30. The summed E-state index contributed by atoms with van der Waals surface area (Å²) in [7, 11) is 1.68. The molecule has 3 aromatic rings. The molecule has 0 atom stereocenters. The summed E-state index contributed by atoms with van der Waals surface area (Å²) in [6.07, 6.45) is -1.79. The van der Waals surface area contributed by atoms with Crippen molar-refractivity contribution in [3.63, 3.8) is 0 Å². The first-order chi connectivity index (χ1) is 10.4. The molecule has 0 saturated heterocycles. The maximum Gasteiger partial charge on any atom is 0.418 e. The van der Waals surface area contributed by atoms with E-state index in [1.807, 2.05) is 0 Å². The first kappa shape index (κ1) is 14.6. The van der Waals surface area contributed by atoms with Crippen LogP contribution in [0, 0.1) is 0 Å². The lowest BCUT2D eigenvalue weighted by atomic mass is 10.1. The van der Waals surface area contributed by atoms with Crippen molar-refractivity contribution >= 4 is 34.1 Å². The summed E-state index contributed by atoms with van der Waals surface area (Å²) >= 11 is 5.66. The molecule has 3 rings (SSSR count). The molecule has 5 nitrogen and oxygen atoms in total. The van der Waals surface area contributed by atoms with E-state index >= 15 is 0 Å². The summed E-state index contributed by atoms with van der Waals surface area (Å²) < 4.78 is 40.8. The number of alkyl halides is 3. The molecule has 1 aromatic carbocycles. The van der Waals surface area contributed by atoms with Gasteiger partial charge in [0.1, 0.15) is 12.1 Å². The number of aryl methyl sites for hydroxylation is 1. The summed E-state index contributed by atoms with van der Waals surface area (Å²) in [5.41, 5.74) is -0.489. The number of fused-ring (bicyclic) bond motifs is 1. The van der Waals surface area contributed by atoms with Crippen LogP contribution in [0.15, 0.2) is 30.7 Å². The molecule has 0 amide bonds. The van der Waals surface area contributed by atoms with Crippen molar-refractivity contribution in [1.82, 2.24) is 19.7 Å². The fourth-order valence-corrected chi connectivity index (χ4v) is 2.22. The third-order valence-electron chi connectivity index (χ3n) is 3.07. The van der Waals surface area contributed by atoms with Crippen molar-refractivity contribution in [2.24, 2.45) is 7.05 Å². The predicted octanol–water partition coefficient (Wildman–Crippen LogP) is 3.78. The highest BCUT2D eigenvalue weighted by Gasteiger charge is 2.34. The van der Waals surface area contributed by atoms with E-state index in [0.29, 0.717) is 11.0 Å². The van der Waals surface area contributed by atoms with Crippen LogP contribution in [-0.4, -0.2) is 19.7 Å². The van der Waals surface area contributed by atoms with Crippen LogP contribution in [0.5, 0.6) is 0 Å². The fraction of sp³-hybridized carbons (Fsp3) is 0.154. The molecular formula is C13H9ClF3N5. The molecule has 0 aliphatic heterocycles. The van der Waals surface area contributed by atoms with E-state index in [2.05, 4.69) is 20.4 Å². The number of hydrogen-bond acceptors (Lipinski definition) is 4. The number of halogens is 4. The third kappa shape index (κ3) is 2.57. The molecule has 0 aliphatic carbocycles. The van der Waals surface area contributed by atoms with Gasteiger partial charge in [0.25, 0.3) is 0 Å². The minimum absolute atomic E-state index is 0.00656. The molecule has 0 saturated carbocycles. The Bertz CT molecular complexity index is 843. The number of rotatable bonds is 2. The van der Waals surface area contributed by atoms with E-state index in [9.17, 15) is 13.2 Å². The first-order valence-corrected chi connectivity index (χ1v) is 6.50. The van der Waals surface area contributed by atoms with Crippen molar-refractivity contribution < 1.29 is 13.2 Å². The van der Waals surface area contributed by atoms with E-state index in [1.165, 1.54) is 29.3 Å². The van der Waals surface area contributed by atoms with Crippen molar-refractivity contribution in [1.29, 1.82) is 0 Å². The van der Waals surface area contributed by atoms with E-state index in [0.717, 1.165) is 6.07 Å². The Morgan fingerprint density at radius 3 is 2.73 bits per heavy atom. The molecule has 9 heteroatoms. The quantitative estimate of drug-likeness (QED) is 0.778. The van der Waals surface area contributed by atoms with Gasteiger partial charge in [-0.3, -0.25) is 4.68 Å². The maximum absolute atomic E-state index is 13.1. The lowest BCUT2D eigenvalue weighted by molar-refractivity contribution is -0.136. The Hall–Kier alpha value is -2.35. The van der Waals surface area contributed by atoms with Crippen LogP contribution in [0.1, 0.15) is 5.56 Å². The second-order valence-corrected chi connectivity index (χ2v) is 4.98. The van der Waals surface area contributed by atoms with Gasteiger partial charge in [-0.2, -0.15) is 18.3 Å². The number of hydrogen-bond donors (Lipinski definition) is 1. The Morgan fingerprint density at radius 1 is 1.23 bits per heavy atom. The topological polar surface area (TPSA) is 55.6 Å². The second-order valence-electron chi connectivity index (χ2n) is 4.54. The van der Waals surface area contributed by atoms with Crippen molar-refractivity contribution in [2.45, 2.75) is 6.18 Å². The smallest absolute Gasteiger partial charge is 0.339 e. The zero-order valence-corrected chi connectivity index (χ0v) is 11.9. The van der Waals surface area contributed by atoms with E-state index in [1.54, 1.807) is 7.05 Å². The SMILES string of the molecule is Cn1ncc2c(Nc3ccc(Cl)cc3C(F)(F)F)ncnc21. The highest BCUT2D eigenvalue weighted by atomic mass is 35.5. The molecule has 2 aromatic heterocycles. The Kier molecular flexibility index (Phi) is 3.40. The molecule has 0 spiro atoms. The molecule has 0 fully saturated rings. The summed E-state index contributed by atoms with van der Waals surface area (Å²) in [4.78, 5) is 8.02. The van der Waals surface area contributed by atoms with Crippen molar-refractivity contribution in [3.05, 3.63) is 41.3 Å². The molecule has 2 heterocycles. The van der Waals surface area contributed by atoms with Crippen LogP contribution < -0.4 is 5.32 Å². The zero-order valence-electron chi connectivity index (χ0n) is 11.2. The van der Waals surface area contributed by atoms with E-state index in [-0.39, 0.29) is 16.5 Å². The lowest BCUT2D eigenvalue weighted by Crippen LogP contribution is -2.09. The van der Waals surface area contributed by atoms with Crippen LogP contribution in [0.3, 0.4) is 0 Å². The first-order valence-electron chi connectivity index (χ1n) is 6.13. The van der Waals surface area contributed by atoms with Gasteiger partial charge in [0, 0.05) is 12.1 Å². The van der Waals surface area contributed by atoms with Gasteiger partial charge >= 0.3 is 6.18 Å². The molecule has 1 N–H and O–H groups in total. The fourth-order valence-electron chi connectivity index (χ4n) is 2.05. The molecule has 114 valence electrons. The molecule has 0 unspecified atom stereocenters. The van der Waals surface area contributed by atoms with Crippen molar-refractivity contribution in [3.8, 4) is 0 Å². The second kappa shape index (κ2) is 5.13. The Morgan fingerprint density at radius 2 is 2.00 bits per heavy atom. The average molecular weight is 328 g/mol. The number of aromatic nitrogens is 4. The summed E-state index contributed by atoms with van der Waals surface area (Å²) in [6, 6.07) is 3.50. The van der Waals surface area contributed by atoms with E-state index in [4.69, 9.17) is 11.6 Å². The summed E-state index contributed by atoms with van der Waals surface area (Å²) in [5.74, 6) is 0.242. The summed E-state index contributed by atoms with van der Waals surface area (Å²) in [6.45, 7) is 0. The van der Waals surface area contributed by atoms with Gasteiger partial charge < -0.3 is 5.32 Å². The number of nitrogens with one attached hydrogen (secondary N) is 1. The number of nitrogens with zero attached hydrogens (tertiary/aromatic N) is 4. The van der Waals surface area contributed by atoms with Crippen LogP contribution >= 0.6 is 11.6 Å². The molecule has 22 heavy (non-hydrogen) atoms. The monoisotopic (exact) mass is 327 g/mol. The minimum atomic E-state index is -4.53. The van der Waals surface area contributed by atoms with Crippen LogP contribution in [-0.2, 0) is 13.2 Å². The lowest BCUT2D eigenvalue weighted by Gasteiger charge is -2.14. The zero-order chi connectivity index (χ0) is 15.9. The van der Waals surface area contributed by atoms with Crippen LogP contribution in [0.2, 0.25) is 5.02 Å². The number of benzene rings is 1. The van der Waals surface area contributed by atoms with Gasteiger partial charge in [0.05, 0.1) is 22.8 Å². The Balaban J connectivity index is 2.09. The van der Waals surface area contributed by atoms with Gasteiger partial charge in [0.15, 0.2) is 5.65 Å². The van der Waals surface area contributed by atoms with Gasteiger partial charge in [-0.25, -0.2) is 9.97 Å².